The van der Waals surface area contributed by atoms with Gasteiger partial charge < -0.3 is 9.72 Å². The van der Waals surface area contributed by atoms with E-state index in [4.69, 9.17) is 16.3 Å². The molecule has 1 aliphatic heterocycles. The first-order valence-corrected chi connectivity index (χ1v) is 9.66. The third kappa shape index (κ3) is 1.84. The van der Waals surface area contributed by atoms with Crippen molar-refractivity contribution in [1.82, 2.24) is 4.98 Å². The molecule has 3 aliphatic rings. The first kappa shape index (κ1) is 15.9. The first-order chi connectivity index (χ1) is 11.9. The van der Waals surface area contributed by atoms with Crippen LogP contribution >= 0.6 is 11.6 Å². The van der Waals surface area contributed by atoms with Crippen LogP contribution < -0.4 is 0 Å². The zero-order valence-corrected chi connectivity index (χ0v) is 15.8. The highest BCUT2D eigenvalue weighted by molar-refractivity contribution is 6.21. The van der Waals surface area contributed by atoms with Crippen molar-refractivity contribution in [2.45, 2.75) is 56.0 Å². The van der Waals surface area contributed by atoms with E-state index in [1.807, 2.05) is 0 Å². The number of alkyl halides is 1. The Balaban J connectivity index is 1.77. The van der Waals surface area contributed by atoms with Crippen molar-refractivity contribution >= 4 is 29.2 Å². The molecule has 132 valence electrons. The highest BCUT2D eigenvalue weighted by atomic mass is 35.5. The number of nitrogens with one attached hydrogen (secondary N) is 1. The molecule has 2 heterocycles. The molecule has 0 amide bonds. The van der Waals surface area contributed by atoms with Crippen molar-refractivity contribution in [2.24, 2.45) is 16.3 Å². The van der Waals surface area contributed by atoms with Gasteiger partial charge in [-0.2, -0.15) is 0 Å². The van der Waals surface area contributed by atoms with Crippen molar-refractivity contribution in [3.8, 4) is 0 Å². The average Bonchev–Trinajstić information content (AvgIpc) is 3.36. The Bertz CT molecular complexity index is 868. The molecule has 4 heteroatoms. The quantitative estimate of drug-likeness (QED) is 0.475. The molecule has 2 aliphatic carbocycles. The predicted octanol–water partition coefficient (Wildman–Crippen LogP) is 4.64. The van der Waals surface area contributed by atoms with Gasteiger partial charge in [-0.25, -0.2) is 0 Å². The number of benzene rings is 1. The van der Waals surface area contributed by atoms with Gasteiger partial charge in [-0.3, -0.25) is 4.99 Å². The van der Waals surface area contributed by atoms with Gasteiger partial charge >= 0.3 is 0 Å². The molecule has 6 atom stereocenters. The topological polar surface area (TPSA) is 40.7 Å². The summed E-state index contributed by atoms with van der Waals surface area (Å²) in [6, 6.07) is 6.69. The molecular weight excluding hydrogens is 332 g/mol. The molecule has 2 fully saturated rings. The number of rotatable bonds is 2. The fraction of sp³-hybridized carbons (Fsp3) is 0.571. The lowest BCUT2D eigenvalue weighted by Crippen LogP contribution is -2.57. The predicted molar refractivity (Wildman–Crippen MR) is 103 cm³/mol. The molecule has 6 unspecified atom stereocenters. The van der Waals surface area contributed by atoms with Gasteiger partial charge in [0.2, 0.25) is 0 Å². The molecule has 25 heavy (non-hydrogen) atoms. The number of epoxide rings is 1. The van der Waals surface area contributed by atoms with Gasteiger partial charge in [-0.15, -0.1) is 11.6 Å². The highest BCUT2D eigenvalue weighted by Crippen LogP contribution is 2.62. The second-order valence-corrected chi connectivity index (χ2v) is 9.37. The van der Waals surface area contributed by atoms with Gasteiger partial charge in [-0.05, 0) is 41.7 Å². The Morgan fingerprint density at radius 1 is 1.32 bits per heavy atom. The minimum atomic E-state index is -0.156. The van der Waals surface area contributed by atoms with E-state index in [0.717, 1.165) is 13.0 Å². The molecule has 1 N–H and O–H groups in total. The number of aromatic amines is 1. The number of fused-ring (bicyclic) bond motifs is 2. The molecular formula is C21H25ClN2O. The van der Waals surface area contributed by atoms with Crippen LogP contribution in [0.2, 0.25) is 0 Å². The van der Waals surface area contributed by atoms with Crippen LogP contribution in [0.4, 0.5) is 0 Å². The van der Waals surface area contributed by atoms with Crippen molar-refractivity contribution in [3.63, 3.8) is 0 Å². The molecule has 1 saturated heterocycles. The van der Waals surface area contributed by atoms with E-state index < -0.39 is 0 Å². The Morgan fingerprint density at radius 3 is 2.76 bits per heavy atom. The molecule has 1 saturated carbocycles. The maximum Gasteiger partial charge on any atom is 0.0898 e. The average molecular weight is 357 g/mol. The standard InChI is InChI=1S/C21H25ClN2O/c1-20(2)12-6-5-7-14-17(12)11(9-24-14)18-13(20)8-15(22)21(3,16-10-25-16)19(18)23-4/h5-7,9,13,15-16,18-19,24H,4,8,10H2,1-3H3. The van der Waals surface area contributed by atoms with Crippen molar-refractivity contribution in [1.29, 1.82) is 0 Å². The summed E-state index contributed by atoms with van der Waals surface area (Å²) < 4.78 is 5.73. The van der Waals surface area contributed by atoms with Crippen molar-refractivity contribution in [2.75, 3.05) is 6.61 Å². The van der Waals surface area contributed by atoms with Crippen LogP contribution in [0.25, 0.3) is 10.9 Å². The van der Waals surface area contributed by atoms with Gasteiger partial charge in [0.05, 0.1) is 18.8 Å². The van der Waals surface area contributed by atoms with Crippen LogP contribution in [-0.2, 0) is 10.2 Å². The van der Waals surface area contributed by atoms with Crippen LogP contribution in [-0.4, -0.2) is 35.8 Å². The van der Waals surface area contributed by atoms with Gasteiger partial charge in [-0.1, -0.05) is 32.9 Å². The number of aromatic nitrogens is 1. The number of hydrogen-bond donors (Lipinski definition) is 1. The summed E-state index contributed by atoms with van der Waals surface area (Å²) >= 11 is 7.01. The molecule has 2 aromatic rings. The smallest absolute Gasteiger partial charge is 0.0898 e. The fourth-order valence-electron chi connectivity index (χ4n) is 5.87. The summed E-state index contributed by atoms with van der Waals surface area (Å²) in [4.78, 5) is 8.17. The summed E-state index contributed by atoms with van der Waals surface area (Å²) in [5, 5.41) is 1.44. The minimum absolute atomic E-state index is 0.0516. The molecule has 0 bridgehead atoms. The largest absolute Gasteiger partial charge is 0.372 e. The zero-order valence-electron chi connectivity index (χ0n) is 15.1. The summed E-state index contributed by atoms with van der Waals surface area (Å²) in [5.74, 6) is 0.784. The maximum atomic E-state index is 7.01. The van der Waals surface area contributed by atoms with Crippen molar-refractivity contribution < 1.29 is 4.74 Å². The van der Waals surface area contributed by atoms with Gasteiger partial charge in [0.1, 0.15) is 0 Å². The summed E-state index contributed by atoms with van der Waals surface area (Å²) in [7, 11) is 0. The maximum absolute atomic E-state index is 7.01. The third-order valence-electron chi connectivity index (χ3n) is 7.49. The number of H-pyrrole nitrogens is 1. The number of aliphatic imine (C=N–C) groups is 1. The summed E-state index contributed by atoms with van der Waals surface area (Å²) in [6.07, 6.45) is 3.39. The molecule has 3 nitrogen and oxygen atoms in total. The molecule has 1 aromatic heterocycles. The monoisotopic (exact) mass is 356 g/mol. The SMILES string of the molecule is C=NC1C2c3c[nH]c4cccc(c34)C(C)(C)C2CC(Cl)C1(C)C1CO1. The van der Waals surface area contributed by atoms with Crippen LogP contribution in [0, 0.1) is 11.3 Å². The number of nitrogens with zero attached hydrogens (tertiary/aromatic N) is 1. The van der Waals surface area contributed by atoms with Gasteiger partial charge in [0.15, 0.2) is 0 Å². The van der Waals surface area contributed by atoms with Crippen molar-refractivity contribution in [3.05, 3.63) is 35.5 Å². The normalized spacial score (nSPS) is 41.4. The van der Waals surface area contributed by atoms with Crippen LogP contribution in [0.3, 0.4) is 0 Å². The minimum Gasteiger partial charge on any atom is -0.372 e. The van der Waals surface area contributed by atoms with E-state index in [0.29, 0.717) is 11.8 Å². The van der Waals surface area contributed by atoms with Gasteiger partial charge in [0, 0.05) is 33.8 Å². The second kappa shape index (κ2) is 4.89. The van der Waals surface area contributed by atoms with Crippen LogP contribution in [0.15, 0.2) is 29.4 Å². The zero-order chi connectivity index (χ0) is 17.6. The van der Waals surface area contributed by atoms with E-state index in [1.165, 1.54) is 22.0 Å². The summed E-state index contributed by atoms with van der Waals surface area (Å²) in [5.41, 5.74) is 3.94. The Hall–Kier alpha value is -1.32. The molecule has 5 rings (SSSR count). The van der Waals surface area contributed by atoms with Gasteiger partial charge in [0.25, 0.3) is 0 Å². The number of ether oxygens (including phenoxy) is 1. The summed E-state index contributed by atoms with van der Waals surface area (Å²) in [6.45, 7) is 11.8. The Morgan fingerprint density at radius 2 is 2.08 bits per heavy atom. The first-order valence-electron chi connectivity index (χ1n) is 9.22. The highest BCUT2D eigenvalue weighted by Gasteiger charge is 2.62. The lowest BCUT2D eigenvalue weighted by atomic mass is 9.50. The lowest BCUT2D eigenvalue weighted by Gasteiger charge is -2.56. The third-order valence-corrected chi connectivity index (χ3v) is 8.14. The fourth-order valence-corrected chi connectivity index (χ4v) is 6.33. The lowest BCUT2D eigenvalue weighted by molar-refractivity contribution is 0.0544. The Kier molecular flexibility index (Phi) is 3.11. The van der Waals surface area contributed by atoms with Crippen LogP contribution in [0.1, 0.15) is 44.2 Å². The molecule has 1 aromatic carbocycles. The van der Waals surface area contributed by atoms with E-state index in [-0.39, 0.29) is 28.4 Å². The molecule has 0 spiro atoms. The van der Waals surface area contributed by atoms with E-state index in [9.17, 15) is 0 Å². The van der Waals surface area contributed by atoms with E-state index in [1.54, 1.807) is 0 Å². The number of hydrogen-bond acceptors (Lipinski definition) is 2. The molecule has 0 radical (unpaired) electrons. The second-order valence-electron chi connectivity index (χ2n) is 8.84. The Labute approximate surface area is 153 Å². The van der Waals surface area contributed by atoms with E-state index in [2.05, 4.69) is 61.9 Å². The van der Waals surface area contributed by atoms with Crippen LogP contribution in [0.5, 0.6) is 0 Å². The van der Waals surface area contributed by atoms with E-state index >= 15 is 0 Å². The number of halogens is 1.